The monoisotopic (exact) mass is 536 g/mol. The molecule has 0 aliphatic carbocycles. The number of nitrogens with zero attached hydrogens (tertiary/aromatic N) is 2. The summed E-state index contributed by atoms with van der Waals surface area (Å²) >= 11 is 0. The van der Waals surface area contributed by atoms with Gasteiger partial charge in [0, 0.05) is 26.2 Å². The summed E-state index contributed by atoms with van der Waals surface area (Å²) in [6.45, 7) is 6.02. The van der Waals surface area contributed by atoms with Crippen molar-refractivity contribution >= 4 is 35.8 Å². The highest BCUT2D eigenvalue weighted by molar-refractivity contribution is 14.0. The van der Waals surface area contributed by atoms with E-state index >= 15 is 0 Å². The highest BCUT2D eigenvalue weighted by Gasteiger charge is 2.17. The van der Waals surface area contributed by atoms with E-state index in [9.17, 15) is 4.79 Å². The summed E-state index contributed by atoms with van der Waals surface area (Å²) in [5.74, 6) is 1.66. The van der Waals surface area contributed by atoms with E-state index in [4.69, 9.17) is 4.74 Å². The maximum absolute atomic E-state index is 12.2. The molecule has 7 heteroatoms. The molecule has 1 amide bonds. The highest BCUT2D eigenvalue weighted by Crippen LogP contribution is 2.14. The minimum atomic E-state index is 0. The fourth-order valence-corrected chi connectivity index (χ4v) is 3.37. The van der Waals surface area contributed by atoms with E-state index in [1.165, 1.54) is 5.56 Å². The molecule has 1 aliphatic heterocycles. The number of amides is 1. The van der Waals surface area contributed by atoms with Crippen molar-refractivity contribution in [3.8, 4) is 5.75 Å². The van der Waals surface area contributed by atoms with Crippen molar-refractivity contribution in [3.05, 3.63) is 65.7 Å². The standard InChI is InChI=1S/C24H32N4O2.HI/c1-2-25-24(27-18-23(29)28-16-6-7-17-28)26-15-14-20-10-12-22(13-11-20)30-19-21-8-4-3-5-9-21;/h3-5,8-13H,2,6-7,14-19H2,1H3,(H2,25,26,27);1H. The zero-order valence-electron chi connectivity index (χ0n) is 18.2. The van der Waals surface area contributed by atoms with Gasteiger partial charge in [-0.2, -0.15) is 0 Å². The van der Waals surface area contributed by atoms with Gasteiger partial charge in [-0.25, -0.2) is 4.99 Å². The molecule has 0 saturated carbocycles. The molecule has 2 aromatic rings. The lowest BCUT2D eigenvalue weighted by atomic mass is 10.1. The summed E-state index contributed by atoms with van der Waals surface area (Å²) in [5, 5.41) is 6.52. The number of benzene rings is 2. The van der Waals surface area contributed by atoms with Gasteiger partial charge in [-0.1, -0.05) is 42.5 Å². The average molecular weight is 536 g/mol. The Bertz CT molecular complexity index is 806. The molecule has 1 saturated heterocycles. The second-order valence-electron chi connectivity index (χ2n) is 7.38. The van der Waals surface area contributed by atoms with Crippen molar-refractivity contribution in [3.63, 3.8) is 0 Å². The molecule has 1 aliphatic rings. The van der Waals surface area contributed by atoms with Crippen LogP contribution in [0, 0.1) is 0 Å². The van der Waals surface area contributed by atoms with Crippen LogP contribution in [0.3, 0.4) is 0 Å². The zero-order valence-corrected chi connectivity index (χ0v) is 20.5. The molecule has 168 valence electrons. The molecule has 31 heavy (non-hydrogen) atoms. The van der Waals surface area contributed by atoms with Crippen LogP contribution < -0.4 is 15.4 Å². The number of rotatable bonds is 9. The number of carbonyl (C=O) groups excluding carboxylic acids is 1. The second kappa shape index (κ2) is 13.9. The lowest BCUT2D eigenvalue weighted by Gasteiger charge is -2.15. The molecule has 0 unspecified atom stereocenters. The Morgan fingerprint density at radius 3 is 2.39 bits per heavy atom. The molecule has 1 fully saturated rings. The number of guanidine groups is 1. The predicted molar refractivity (Wildman–Crippen MR) is 136 cm³/mol. The number of halogens is 1. The van der Waals surface area contributed by atoms with Gasteiger partial charge in [-0.3, -0.25) is 4.79 Å². The molecular formula is C24H33IN4O2. The normalized spacial score (nSPS) is 13.5. The van der Waals surface area contributed by atoms with Crippen LogP contribution in [0.2, 0.25) is 0 Å². The third kappa shape index (κ3) is 8.77. The van der Waals surface area contributed by atoms with E-state index in [-0.39, 0.29) is 36.4 Å². The summed E-state index contributed by atoms with van der Waals surface area (Å²) in [7, 11) is 0. The van der Waals surface area contributed by atoms with Crippen LogP contribution in [-0.4, -0.2) is 49.5 Å². The van der Waals surface area contributed by atoms with Gasteiger partial charge in [0.05, 0.1) is 0 Å². The Labute approximate surface area is 202 Å². The van der Waals surface area contributed by atoms with E-state index in [0.29, 0.717) is 12.6 Å². The topological polar surface area (TPSA) is 66.0 Å². The Morgan fingerprint density at radius 1 is 1.00 bits per heavy atom. The van der Waals surface area contributed by atoms with Crippen molar-refractivity contribution in [2.75, 3.05) is 32.7 Å². The van der Waals surface area contributed by atoms with Crippen LogP contribution >= 0.6 is 24.0 Å². The number of aliphatic imine (C=N–C) groups is 1. The average Bonchev–Trinajstić information content (AvgIpc) is 3.32. The Hall–Kier alpha value is -2.29. The summed E-state index contributed by atoms with van der Waals surface area (Å²) in [6, 6.07) is 18.3. The molecular weight excluding hydrogens is 503 g/mol. The van der Waals surface area contributed by atoms with E-state index in [2.05, 4.69) is 39.9 Å². The van der Waals surface area contributed by atoms with E-state index in [1.54, 1.807) is 0 Å². The van der Waals surface area contributed by atoms with E-state index in [0.717, 1.165) is 56.8 Å². The highest BCUT2D eigenvalue weighted by atomic mass is 127. The van der Waals surface area contributed by atoms with Gasteiger partial charge < -0.3 is 20.3 Å². The number of hydrogen-bond acceptors (Lipinski definition) is 3. The first-order valence-electron chi connectivity index (χ1n) is 10.8. The van der Waals surface area contributed by atoms with Gasteiger partial charge in [-0.15, -0.1) is 24.0 Å². The van der Waals surface area contributed by atoms with E-state index < -0.39 is 0 Å². The number of ether oxygens (including phenoxy) is 1. The van der Waals surface area contributed by atoms with Gasteiger partial charge >= 0.3 is 0 Å². The van der Waals surface area contributed by atoms with Crippen LogP contribution in [-0.2, 0) is 17.8 Å². The minimum absolute atomic E-state index is 0. The predicted octanol–water partition coefficient (Wildman–Crippen LogP) is 3.60. The first kappa shape index (κ1) is 25.0. The smallest absolute Gasteiger partial charge is 0.244 e. The van der Waals surface area contributed by atoms with Crippen LogP contribution in [0.15, 0.2) is 59.6 Å². The van der Waals surface area contributed by atoms with Crippen LogP contribution in [0.4, 0.5) is 0 Å². The number of likely N-dealkylation sites (tertiary alicyclic amines) is 1. The number of carbonyl (C=O) groups is 1. The van der Waals surface area contributed by atoms with E-state index in [1.807, 2.05) is 42.2 Å². The molecule has 2 N–H and O–H groups in total. The number of hydrogen-bond donors (Lipinski definition) is 2. The van der Waals surface area contributed by atoms with Gasteiger partial charge in [0.25, 0.3) is 0 Å². The first-order valence-corrected chi connectivity index (χ1v) is 10.8. The van der Waals surface area contributed by atoms with Crippen molar-refractivity contribution in [2.24, 2.45) is 4.99 Å². The SMILES string of the molecule is CCNC(=NCC(=O)N1CCCC1)NCCc1ccc(OCc2ccccc2)cc1.I. The quantitative estimate of drug-likeness (QED) is 0.292. The zero-order chi connectivity index (χ0) is 21.0. The lowest BCUT2D eigenvalue weighted by Crippen LogP contribution is -2.39. The lowest BCUT2D eigenvalue weighted by molar-refractivity contribution is -0.128. The Morgan fingerprint density at radius 2 is 1.71 bits per heavy atom. The fourth-order valence-electron chi connectivity index (χ4n) is 3.37. The number of nitrogens with one attached hydrogen (secondary N) is 2. The van der Waals surface area contributed by atoms with Gasteiger partial charge in [0.15, 0.2) is 5.96 Å². The Kier molecular flexibility index (Phi) is 11.2. The molecule has 1 heterocycles. The summed E-state index contributed by atoms with van der Waals surface area (Å²) in [4.78, 5) is 18.5. The fraction of sp³-hybridized carbons (Fsp3) is 0.417. The molecule has 0 radical (unpaired) electrons. The minimum Gasteiger partial charge on any atom is -0.489 e. The summed E-state index contributed by atoms with van der Waals surface area (Å²) in [6.07, 6.45) is 3.07. The van der Waals surface area contributed by atoms with Crippen LogP contribution in [0.5, 0.6) is 5.75 Å². The van der Waals surface area contributed by atoms with Crippen LogP contribution in [0.1, 0.15) is 30.9 Å². The third-order valence-corrected chi connectivity index (χ3v) is 5.05. The van der Waals surface area contributed by atoms with Gasteiger partial charge in [0.2, 0.25) is 5.91 Å². The van der Waals surface area contributed by atoms with Gasteiger partial charge in [0.1, 0.15) is 18.9 Å². The molecule has 0 aromatic heterocycles. The molecule has 2 aromatic carbocycles. The molecule has 0 bridgehead atoms. The summed E-state index contributed by atoms with van der Waals surface area (Å²) in [5.41, 5.74) is 2.38. The summed E-state index contributed by atoms with van der Waals surface area (Å²) < 4.78 is 5.84. The van der Waals surface area contributed by atoms with Crippen molar-refractivity contribution in [1.29, 1.82) is 0 Å². The van der Waals surface area contributed by atoms with Crippen molar-refractivity contribution in [2.45, 2.75) is 32.8 Å². The molecule has 0 atom stereocenters. The van der Waals surface area contributed by atoms with Crippen molar-refractivity contribution < 1.29 is 9.53 Å². The Balaban J connectivity index is 0.00000341. The maximum Gasteiger partial charge on any atom is 0.244 e. The van der Waals surface area contributed by atoms with Gasteiger partial charge in [-0.05, 0) is 49.4 Å². The molecule has 0 spiro atoms. The first-order chi connectivity index (χ1) is 14.7. The molecule has 3 rings (SSSR count). The maximum atomic E-state index is 12.2. The molecule has 6 nitrogen and oxygen atoms in total. The second-order valence-corrected chi connectivity index (χ2v) is 7.38. The van der Waals surface area contributed by atoms with Crippen LogP contribution in [0.25, 0.3) is 0 Å². The van der Waals surface area contributed by atoms with Crippen molar-refractivity contribution in [1.82, 2.24) is 15.5 Å². The third-order valence-electron chi connectivity index (χ3n) is 5.05. The largest absolute Gasteiger partial charge is 0.489 e.